The van der Waals surface area contributed by atoms with E-state index in [0.717, 1.165) is 19.0 Å². The first-order valence-corrected chi connectivity index (χ1v) is 6.54. The van der Waals surface area contributed by atoms with Crippen molar-refractivity contribution >= 4 is 35.8 Å². The number of nitrogens with zero attached hydrogens (tertiary/aromatic N) is 1. The Labute approximate surface area is 132 Å². The van der Waals surface area contributed by atoms with Crippen LogP contribution in [-0.2, 0) is 9.53 Å². The Bertz CT molecular complexity index is 296. The summed E-state index contributed by atoms with van der Waals surface area (Å²) in [6.45, 7) is 7.17. The van der Waals surface area contributed by atoms with Gasteiger partial charge in [-0.2, -0.15) is 0 Å². The molecule has 1 amide bonds. The number of rotatable bonds is 5. The number of halogens is 1. The Morgan fingerprint density at radius 2 is 1.79 bits per heavy atom. The number of primary amides is 1. The van der Waals surface area contributed by atoms with Crippen molar-refractivity contribution in [3.63, 3.8) is 0 Å². The minimum absolute atomic E-state index is 0. The molecular weight excluding hydrogens is 359 g/mol. The van der Waals surface area contributed by atoms with Gasteiger partial charge in [0.05, 0.1) is 12.0 Å². The number of nitrogens with two attached hydrogens (primary N) is 1. The van der Waals surface area contributed by atoms with Crippen LogP contribution >= 0.6 is 24.0 Å². The molecule has 1 heterocycles. The first-order valence-electron chi connectivity index (χ1n) is 6.54. The Morgan fingerprint density at radius 3 is 2.21 bits per heavy atom. The van der Waals surface area contributed by atoms with Crippen LogP contribution in [0.2, 0.25) is 0 Å². The average Bonchev–Trinajstić information content (AvgIpc) is 2.37. The third-order valence-corrected chi connectivity index (χ3v) is 3.20. The molecule has 6 nitrogen and oxygen atoms in total. The Kier molecular flexibility index (Phi) is 9.07. The van der Waals surface area contributed by atoms with Gasteiger partial charge in [0.2, 0.25) is 5.91 Å². The zero-order valence-corrected chi connectivity index (χ0v) is 14.0. The standard InChI is InChI=1S/C12H24N4O2.HI/c1-3-14-11(15-4-2)16-9-12(10(13)17)5-7-18-8-6-12;/h3-9H2,1-2H3,(H2,13,17)(H2,14,15,16);1H. The summed E-state index contributed by atoms with van der Waals surface area (Å²) in [6, 6.07) is 0. The molecule has 7 heteroatoms. The average molecular weight is 384 g/mol. The number of guanidine groups is 1. The molecule has 1 fully saturated rings. The lowest BCUT2D eigenvalue weighted by atomic mass is 9.79. The summed E-state index contributed by atoms with van der Waals surface area (Å²) in [7, 11) is 0. The van der Waals surface area contributed by atoms with Crippen LogP contribution in [0.3, 0.4) is 0 Å². The number of carbonyl (C=O) groups excluding carboxylic acids is 1. The van der Waals surface area contributed by atoms with E-state index < -0.39 is 5.41 Å². The molecule has 0 spiro atoms. The number of hydrogen-bond acceptors (Lipinski definition) is 3. The number of amides is 1. The van der Waals surface area contributed by atoms with Crippen molar-refractivity contribution in [1.29, 1.82) is 0 Å². The molecule has 1 aliphatic rings. The molecule has 0 aliphatic carbocycles. The second kappa shape index (κ2) is 9.35. The van der Waals surface area contributed by atoms with E-state index in [0.29, 0.717) is 32.6 Å². The molecule has 0 aromatic rings. The van der Waals surface area contributed by atoms with Gasteiger partial charge in [0.1, 0.15) is 0 Å². The fraction of sp³-hybridized carbons (Fsp3) is 0.833. The largest absolute Gasteiger partial charge is 0.381 e. The van der Waals surface area contributed by atoms with Crippen molar-refractivity contribution in [1.82, 2.24) is 10.6 Å². The maximum atomic E-state index is 11.7. The van der Waals surface area contributed by atoms with E-state index in [1.54, 1.807) is 0 Å². The van der Waals surface area contributed by atoms with Gasteiger partial charge < -0.3 is 21.1 Å². The highest BCUT2D eigenvalue weighted by atomic mass is 127. The quantitative estimate of drug-likeness (QED) is 0.365. The summed E-state index contributed by atoms with van der Waals surface area (Å²) in [5.41, 5.74) is 4.98. The molecule has 1 saturated heterocycles. The summed E-state index contributed by atoms with van der Waals surface area (Å²) >= 11 is 0. The maximum Gasteiger partial charge on any atom is 0.225 e. The number of ether oxygens (including phenoxy) is 1. The van der Waals surface area contributed by atoms with Crippen molar-refractivity contribution in [2.75, 3.05) is 32.8 Å². The van der Waals surface area contributed by atoms with Crippen molar-refractivity contribution in [3.05, 3.63) is 0 Å². The first-order chi connectivity index (χ1) is 8.64. The van der Waals surface area contributed by atoms with Crippen molar-refractivity contribution in [2.45, 2.75) is 26.7 Å². The minimum atomic E-state index is -0.547. The molecular formula is C12H25IN4O2. The molecule has 0 aromatic heterocycles. The van der Waals surface area contributed by atoms with E-state index in [1.807, 2.05) is 13.8 Å². The van der Waals surface area contributed by atoms with Gasteiger partial charge in [-0.15, -0.1) is 24.0 Å². The van der Waals surface area contributed by atoms with Crippen molar-refractivity contribution in [3.8, 4) is 0 Å². The van der Waals surface area contributed by atoms with Gasteiger partial charge in [0.25, 0.3) is 0 Å². The fourth-order valence-corrected chi connectivity index (χ4v) is 1.98. The lowest BCUT2D eigenvalue weighted by Crippen LogP contribution is -2.45. The van der Waals surface area contributed by atoms with Crippen LogP contribution < -0.4 is 16.4 Å². The van der Waals surface area contributed by atoms with Gasteiger partial charge >= 0.3 is 0 Å². The van der Waals surface area contributed by atoms with Gasteiger partial charge in [0, 0.05) is 26.3 Å². The van der Waals surface area contributed by atoms with Crippen LogP contribution in [0, 0.1) is 5.41 Å². The smallest absolute Gasteiger partial charge is 0.225 e. The molecule has 112 valence electrons. The molecule has 0 radical (unpaired) electrons. The Balaban J connectivity index is 0.00000324. The minimum Gasteiger partial charge on any atom is -0.381 e. The SMILES string of the molecule is CCNC(=NCC1(C(N)=O)CCOCC1)NCC.I. The van der Waals surface area contributed by atoms with Crippen LogP contribution in [0.5, 0.6) is 0 Å². The number of aliphatic imine (C=N–C) groups is 1. The Morgan fingerprint density at radius 1 is 1.26 bits per heavy atom. The molecule has 1 aliphatic heterocycles. The number of hydrogen-bond donors (Lipinski definition) is 3. The molecule has 4 N–H and O–H groups in total. The topological polar surface area (TPSA) is 88.7 Å². The highest BCUT2D eigenvalue weighted by Gasteiger charge is 2.38. The lowest BCUT2D eigenvalue weighted by Gasteiger charge is -2.32. The first kappa shape index (κ1) is 18.4. The van der Waals surface area contributed by atoms with Gasteiger partial charge in [-0.05, 0) is 26.7 Å². The Hall–Kier alpha value is -0.570. The third-order valence-electron chi connectivity index (χ3n) is 3.20. The van der Waals surface area contributed by atoms with Gasteiger partial charge in [0.15, 0.2) is 5.96 Å². The summed E-state index contributed by atoms with van der Waals surface area (Å²) in [4.78, 5) is 16.1. The summed E-state index contributed by atoms with van der Waals surface area (Å²) in [5, 5.41) is 6.27. The van der Waals surface area contributed by atoms with Gasteiger partial charge in [-0.1, -0.05) is 0 Å². The molecule has 19 heavy (non-hydrogen) atoms. The summed E-state index contributed by atoms with van der Waals surface area (Å²) in [5.74, 6) is 0.453. The van der Waals surface area contributed by atoms with Crippen LogP contribution in [-0.4, -0.2) is 44.7 Å². The number of nitrogens with one attached hydrogen (secondary N) is 2. The lowest BCUT2D eigenvalue weighted by molar-refractivity contribution is -0.132. The zero-order valence-electron chi connectivity index (χ0n) is 11.7. The van der Waals surface area contributed by atoms with Gasteiger partial charge in [-0.25, -0.2) is 0 Å². The predicted molar refractivity (Wildman–Crippen MR) is 86.8 cm³/mol. The van der Waals surface area contributed by atoms with Gasteiger partial charge in [-0.3, -0.25) is 9.79 Å². The predicted octanol–water partition coefficient (Wildman–Crippen LogP) is 0.462. The fourth-order valence-electron chi connectivity index (χ4n) is 1.98. The van der Waals surface area contributed by atoms with E-state index >= 15 is 0 Å². The second-order valence-corrected chi connectivity index (χ2v) is 4.48. The van der Waals surface area contributed by atoms with Crippen LogP contribution in [0.25, 0.3) is 0 Å². The van der Waals surface area contributed by atoms with Crippen LogP contribution in [0.15, 0.2) is 4.99 Å². The number of carbonyl (C=O) groups is 1. The normalized spacial score (nSPS) is 16.9. The summed E-state index contributed by atoms with van der Waals surface area (Å²) in [6.07, 6.45) is 1.30. The van der Waals surface area contributed by atoms with Crippen LogP contribution in [0.4, 0.5) is 0 Å². The maximum absolute atomic E-state index is 11.7. The monoisotopic (exact) mass is 384 g/mol. The van der Waals surface area contributed by atoms with E-state index in [4.69, 9.17) is 10.5 Å². The van der Waals surface area contributed by atoms with Crippen molar-refractivity contribution < 1.29 is 9.53 Å². The van der Waals surface area contributed by atoms with Crippen LogP contribution in [0.1, 0.15) is 26.7 Å². The molecule has 0 unspecified atom stereocenters. The molecule has 0 saturated carbocycles. The molecule has 1 rings (SSSR count). The molecule has 0 atom stereocenters. The summed E-state index contributed by atoms with van der Waals surface area (Å²) < 4.78 is 5.29. The highest BCUT2D eigenvalue weighted by Crippen LogP contribution is 2.30. The highest BCUT2D eigenvalue weighted by molar-refractivity contribution is 14.0. The van der Waals surface area contributed by atoms with E-state index in [2.05, 4.69) is 15.6 Å². The zero-order chi connectivity index (χ0) is 13.4. The molecule has 0 bridgehead atoms. The third kappa shape index (κ3) is 5.52. The molecule has 0 aromatic carbocycles. The van der Waals surface area contributed by atoms with E-state index in [9.17, 15) is 4.79 Å². The van der Waals surface area contributed by atoms with E-state index in [-0.39, 0.29) is 29.9 Å². The second-order valence-electron chi connectivity index (χ2n) is 4.48. The van der Waals surface area contributed by atoms with Crippen molar-refractivity contribution in [2.24, 2.45) is 16.1 Å². The van der Waals surface area contributed by atoms with E-state index in [1.165, 1.54) is 0 Å².